The lowest BCUT2D eigenvalue weighted by atomic mass is 9.88. The largest absolute Gasteiger partial charge is 0.341 e. The molecule has 0 spiro atoms. The second-order valence-corrected chi connectivity index (χ2v) is 13.4. The second kappa shape index (κ2) is 15.4. The maximum atomic E-state index is 12.7. The molecule has 1 aliphatic carbocycles. The quantitative estimate of drug-likeness (QED) is 0.123. The molecule has 0 aromatic heterocycles. The van der Waals surface area contributed by atoms with Gasteiger partial charge in [0.1, 0.15) is 11.4 Å². The van der Waals surface area contributed by atoms with Crippen LogP contribution in [0.3, 0.4) is 0 Å². The van der Waals surface area contributed by atoms with E-state index in [-0.39, 0.29) is 4.90 Å². The lowest BCUT2D eigenvalue weighted by Crippen LogP contribution is -2.20. The molecule has 5 nitrogen and oxygen atoms in total. The van der Waals surface area contributed by atoms with E-state index in [0.29, 0.717) is 5.56 Å². The number of anilines is 2. The van der Waals surface area contributed by atoms with Gasteiger partial charge in [0, 0.05) is 53.7 Å². The molecule has 242 valence electrons. The Hall–Kier alpha value is -4.52. The van der Waals surface area contributed by atoms with Crippen LogP contribution in [0, 0.1) is 6.92 Å². The van der Waals surface area contributed by atoms with Crippen molar-refractivity contribution in [3.05, 3.63) is 149 Å². The van der Waals surface area contributed by atoms with Crippen LogP contribution in [0.15, 0.2) is 137 Å². The normalized spacial score (nSPS) is 15.3. The fourth-order valence-corrected chi connectivity index (χ4v) is 6.93. The van der Waals surface area contributed by atoms with Crippen LogP contribution in [0.25, 0.3) is 5.57 Å². The lowest BCUT2D eigenvalue weighted by molar-refractivity contribution is -0.440. The molecule has 0 saturated heterocycles. The first-order valence-electron chi connectivity index (χ1n) is 16.5. The highest BCUT2D eigenvalue weighted by Gasteiger charge is 2.25. The molecule has 1 N–H and O–H groups in total. The summed E-state index contributed by atoms with van der Waals surface area (Å²) in [5.41, 5.74) is 9.61. The molecule has 5 rings (SSSR count). The molecule has 47 heavy (non-hydrogen) atoms. The van der Waals surface area contributed by atoms with E-state index in [1.165, 1.54) is 6.07 Å². The van der Waals surface area contributed by atoms with E-state index in [1.807, 2.05) is 18.2 Å². The molecule has 4 aromatic carbocycles. The number of hydrogen-bond donors (Lipinski definition) is 1. The van der Waals surface area contributed by atoms with Gasteiger partial charge >= 0.3 is 0 Å². The summed E-state index contributed by atoms with van der Waals surface area (Å²) in [6.07, 6.45) is 10.6. The van der Waals surface area contributed by atoms with Crippen molar-refractivity contribution in [2.75, 3.05) is 18.0 Å². The third kappa shape index (κ3) is 7.90. The van der Waals surface area contributed by atoms with Crippen molar-refractivity contribution in [2.24, 2.45) is 0 Å². The number of benzene rings is 4. The zero-order valence-electron chi connectivity index (χ0n) is 27.9. The van der Waals surface area contributed by atoms with E-state index in [0.717, 1.165) is 89.4 Å². The summed E-state index contributed by atoms with van der Waals surface area (Å²) in [4.78, 5) is 2.24. The Kier molecular flexibility index (Phi) is 11.1. The predicted molar refractivity (Wildman–Crippen MR) is 196 cm³/mol. The van der Waals surface area contributed by atoms with Crippen LogP contribution in [-0.2, 0) is 10.1 Å². The summed E-state index contributed by atoms with van der Waals surface area (Å²) >= 11 is 0. The number of unbranched alkanes of at least 4 members (excludes halogenated alkanes) is 2. The van der Waals surface area contributed by atoms with E-state index in [1.54, 1.807) is 12.1 Å². The topological polar surface area (TPSA) is 60.6 Å². The third-order valence-corrected chi connectivity index (χ3v) is 9.50. The number of rotatable bonds is 12. The Morgan fingerprint density at radius 2 is 1.45 bits per heavy atom. The van der Waals surface area contributed by atoms with Crippen LogP contribution < -0.4 is 4.90 Å². The van der Waals surface area contributed by atoms with Gasteiger partial charge < -0.3 is 4.90 Å². The van der Waals surface area contributed by atoms with Crippen molar-refractivity contribution in [2.45, 2.75) is 58.3 Å². The van der Waals surface area contributed by atoms with Gasteiger partial charge in [0.25, 0.3) is 10.1 Å². The smallest absolute Gasteiger partial charge is 0.295 e. The highest BCUT2D eigenvalue weighted by molar-refractivity contribution is 7.86. The van der Waals surface area contributed by atoms with Gasteiger partial charge in [-0.25, -0.2) is 0 Å². The second-order valence-electron chi connectivity index (χ2n) is 12.0. The maximum absolute atomic E-state index is 12.7. The fourth-order valence-electron chi connectivity index (χ4n) is 6.23. The van der Waals surface area contributed by atoms with Crippen molar-refractivity contribution < 1.29 is 17.5 Å². The van der Waals surface area contributed by atoms with E-state index in [9.17, 15) is 13.0 Å². The first-order valence-corrected chi connectivity index (χ1v) is 18.0. The Morgan fingerprint density at radius 3 is 2.09 bits per heavy atom. The number of allylic oxidation sites excluding steroid dienone is 5. The molecule has 0 aliphatic heterocycles. The standard InChI is InChI=1S/C41H44N2O3S/c1-5-7-27-42(35-17-11-9-12-18-35)38-25-23-33(29-31(38)3)41(37-21-15-16-22-40(37)47(44,45)46)34-24-26-39(32(4)30-34)43(28-8-6-2)36-19-13-10-14-20-36/h9-26,29-30H,5-8,27-28H2,1-4H3/p+1. The van der Waals surface area contributed by atoms with Gasteiger partial charge in [-0.15, -0.1) is 0 Å². The lowest BCUT2D eigenvalue weighted by Gasteiger charge is -2.27. The molecular weight excluding hydrogens is 601 g/mol. The minimum Gasteiger partial charge on any atom is -0.341 e. The van der Waals surface area contributed by atoms with Gasteiger partial charge in [-0.2, -0.15) is 13.0 Å². The summed E-state index contributed by atoms with van der Waals surface area (Å²) in [5.74, 6) is 0. The molecule has 6 heteroatoms. The predicted octanol–water partition coefficient (Wildman–Crippen LogP) is 10.1. The SMILES string of the molecule is CCCCN(c1ccccc1)c1ccc(C(=C2C=CC(=[N+](CCCC)c3ccccc3)C(C)=C2)c2ccccc2S(=O)(=O)O)cc1C. The molecule has 0 amide bonds. The summed E-state index contributed by atoms with van der Waals surface area (Å²) in [5, 5.41) is 0. The van der Waals surface area contributed by atoms with E-state index in [4.69, 9.17) is 0 Å². The molecule has 0 fully saturated rings. The van der Waals surface area contributed by atoms with Gasteiger partial charge in [0.05, 0.1) is 0 Å². The zero-order valence-corrected chi connectivity index (χ0v) is 28.7. The molecule has 0 radical (unpaired) electrons. The van der Waals surface area contributed by atoms with Crippen LogP contribution in [0.1, 0.15) is 63.1 Å². The van der Waals surface area contributed by atoms with E-state index in [2.05, 4.69) is 122 Å². The molecular formula is C41H45N2O3S+. The van der Waals surface area contributed by atoms with Crippen LogP contribution in [0.5, 0.6) is 0 Å². The van der Waals surface area contributed by atoms with Crippen molar-refractivity contribution in [1.29, 1.82) is 0 Å². The molecule has 0 heterocycles. The molecule has 0 saturated carbocycles. The molecule has 0 bridgehead atoms. The first kappa shape index (κ1) is 33.8. The number of nitrogens with zero attached hydrogens (tertiary/aromatic N) is 2. The monoisotopic (exact) mass is 645 g/mol. The van der Waals surface area contributed by atoms with E-state index >= 15 is 0 Å². The van der Waals surface area contributed by atoms with Gasteiger partial charge in [-0.1, -0.05) is 87.4 Å². The summed E-state index contributed by atoms with van der Waals surface area (Å²) in [6.45, 7) is 10.4. The number of aryl methyl sites for hydroxylation is 1. The van der Waals surface area contributed by atoms with Crippen LogP contribution in [0.4, 0.5) is 17.1 Å². The molecule has 0 unspecified atom stereocenters. The Balaban J connectivity index is 1.70. The van der Waals surface area contributed by atoms with Gasteiger partial charge in [0.15, 0.2) is 0 Å². The highest BCUT2D eigenvalue weighted by atomic mass is 32.2. The van der Waals surface area contributed by atoms with Gasteiger partial charge in [-0.05, 0) is 85.0 Å². The minimum absolute atomic E-state index is 0.110. The maximum Gasteiger partial charge on any atom is 0.295 e. The van der Waals surface area contributed by atoms with Crippen molar-refractivity contribution in [3.63, 3.8) is 0 Å². The van der Waals surface area contributed by atoms with Gasteiger partial charge in [0.2, 0.25) is 11.4 Å². The van der Waals surface area contributed by atoms with Crippen LogP contribution in [-0.4, -0.2) is 36.3 Å². The Bertz CT molecular complexity index is 1940. The zero-order chi connectivity index (χ0) is 33.4. The van der Waals surface area contributed by atoms with Crippen LogP contribution in [0.2, 0.25) is 0 Å². The summed E-state index contributed by atoms with van der Waals surface area (Å²) in [7, 11) is -4.49. The Morgan fingerprint density at radius 1 is 0.787 bits per heavy atom. The molecule has 1 aliphatic rings. The Labute approximate surface area is 280 Å². The van der Waals surface area contributed by atoms with Crippen molar-refractivity contribution >= 4 is 38.5 Å². The molecule has 4 aromatic rings. The highest BCUT2D eigenvalue weighted by Crippen LogP contribution is 2.38. The summed E-state index contributed by atoms with van der Waals surface area (Å²) in [6, 6.07) is 33.9. The molecule has 0 atom stereocenters. The van der Waals surface area contributed by atoms with Crippen molar-refractivity contribution in [1.82, 2.24) is 0 Å². The van der Waals surface area contributed by atoms with Gasteiger partial charge in [-0.3, -0.25) is 4.55 Å². The third-order valence-electron chi connectivity index (χ3n) is 8.59. The summed E-state index contributed by atoms with van der Waals surface area (Å²) < 4.78 is 38.0. The number of hydrogen-bond acceptors (Lipinski definition) is 3. The average molecular weight is 646 g/mol. The minimum atomic E-state index is -4.49. The van der Waals surface area contributed by atoms with Crippen molar-refractivity contribution in [3.8, 4) is 0 Å². The fraction of sp³-hybridized carbons (Fsp3) is 0.244. The average Bonchev–Trinajstić information content (AvgIpc) is 3.07. The first-order chi connectivity index (χ1) is 22.7. The van der Waals surface area contributed by atoms with E-state index < -0.39 is 10.1 Å². The number of para-hydroxylation sites is 2. The van der Waals surface area contributed by atoms with Crippen LogP contribution >= 0.6 is 0 Å².